The lowest BCUT2D eigenvalue weighted by molar-refractivity contribution is -0.383. The van der Waals surface area contributed by atoms with Crippen molar-refractivity contribution >= 4 is 34.6 Å². The molecule has 0 saturated heterocycles. The van der Waals surface area contributed by atoms with Crippen LogP contribution in [0.5, 0.6) is 11.5 Å². The van der Waals surface area contributed by atoms with E-state index in [4.69, 9.17) is 33.7 Å². The second kappa shape index (κ2) is 5.34. The molecule has 2 aromatic carbocycles. The summed E-state index contributed by atoms with van der Waals surface area (Å²) in [5.74, 6) is 0.837. The third-order valence-corrected chi connectivity index (χ3v) is 3.06. The molecule has 0 spiro atoms. The van der Waals surface area contributed by atoms with Gasteiger partial charge in [0.15, 0.2) is 0 Å². The third kappa shape index (κ3) is 3.07. The van der Waals surface area contributed by atoms with Crippen LogP contribution in [0.3, 0.4) is 0 Å². The quantitative estimate of drug-likeness (QED) is 0.521. The van der Waals surface area contributed by atoms with Crippen LogP contribution in [0.2, 0.25) is 10.0 Å². The summed E-state index contributed by atoms with van der Waals surface area (Å²) in [6, 6.07) is 8.88. The van der Waals surface area contributed by atoms with Gasteiger partial charge in [0.05, 0.1) is 15.0 Å². The maximum absolute atomic E-state index is 10.6. The molecule has 0 bridgehead atoms. The van der Waals surface area contributed by atoms with Crippen molar-refractivity contribution in [2.24, 2.45) is 0 Å². The van der Waals surface area contributed by atoms with Gasteiger partial charge in [0.25, 0.3) is 5.69 Å². The van der Waals surface area contributed by atoms with Crippen LogP contribution >= 0.6 is 23.2 Å². The number of ether oxygens (including phenoxy) is 1. The molecule has 19 heavy (non-hydrogen) atoms. The molecule has 0 aliphatic carbocycles. The zero-order valence-electron chi connectivity index (χ0n) is 9.47. The minimum absolute atomic E-state index is 0.0301. The van der Waals surface area contributed by atoms with E-state index in [9.17, 15) is 10.1 Å². The van der Waals surface area contributed by atoms with Gasteiger partial charge in [-0.3, -0.25) is 10.1 Å². The van der Waals surface area contributed by atoms with Crippen LogP contribution in [-0.4, -0.2) is 4.92 Å². The molecule has 2 N–H and O–H groups in total. The Morgan fingerprint density at radius 1 is 1.05 bits per heavy atom. The molecule has 0 heterocycles. The SMILES string of the molecule is Nc1cc(Oc2ccc(Cl)c(Cl)c2)ccc1[N+](=O)[O-]. The van der Waals surface area contributed by atoms with Gasteiger partial charge in [-0.05, 0) is 18.2 Å². The zero-order chi connectivity index (χ0) is 14.0. The summed E-state index contributed by atoms with van der Waals surface area (Å²) >= 11 is 11.6. The van der Waals surface area contributed by atoms with Crippen molar-refractivity contribution in [1.29, 1.82) is 0 Å². The summed E-state index contributed by atoms with van der Waals surface area (Å²) in [5, 5.41) is 11.4. The number of nitrogens with zero attached hydrogens (tertiary/aromatic N) is 1. The number of rotatable bonds is 3. The number of halogens is 2. The van der Waals surface area contributed by atoms with E-state index in [2.05, 4.69) is 0 Å². The van der Waals surface area contributed by atoms with Crippen LogP contribution in [0.15, 0.2) is 36.4 Å². The summed E-state index contributed by atoms with van der Waals surface area (Å²) in [5.41, 5.74) is 5.43. The van der Waals surface area contributed by atoms with Crippen molar-refractivity contribution in [3.05, 3.63) is 56.6 Å². The van der Waals surface area contributed by atoms with Crippen LogP contribution in [0.4, 0.5) is 11.4 Å². The molecule has 0 unspecified atom stereocenters. The second-order valence-corrected chi connectivity index (χ2v) is 4.47. The molecule has 7 heteroatoms. The van der Waals surface area contributed by atoms with E-state index in [-0.39, 0.29) is 11.4 Å². The van der Waals surface area contributed by atoms with Crippen molar-refractivity contribution in [3.63, 3.8) is 0 Å². The number of hydrogen-bond acceptors (Lipinski definition) is 4. The predicted octanol–water partition coefficient (Wildman–Crippen LogP) is 4.28. The number of nitro groups is 1. The Labute approximate surface area is 118 Å². The van der Waals surface area contributed by atoms with Gasteiger partial charge >= 0.3 is 0 Å². The van der Waals surface area contributed by atoms with E-state index in [0.29, 0.717) is 21.5 Å². The Hall–Kier alpha value is -1.98. The molecule has 0 amide bonds. The Morgan fingerprint density at radius 2 is 1.68 bits per heavy atom. The lowest BCUT2D eigenvalue weighted by Crippen LogP contribution is -1.96. The maximum Gasteiger partial charge on any atom is 0.292 e. The van der Waals surface area contributed by atoms with Crippen molar-refractivity contribution in [1.82, 2.24) is 0 Å². The molecular formula is C12H8Cl2N2O3. The fourth-order valence-corrected chi connectivity index (χ4v) is 1.73. The summed E-state index contributed by atoms with van der Waals surface area (Å²) in [6.45, 7) is 0. The monoisotopic (exact) mass is 298 g/mol. The number of benzene rings is 2. The highest BCUT2D eigenvalue weighted by Crippen LogP contribution is 2.32. The van der Waals surface area contributed by atoms with Crippen LogP contribution < -0.4 is 10.5 Å². The standard InChI is InChI=1S/C12H8Cl2N2O3/c13-9-3-1-7(5-10(9)14)19-8-2-4-12(16(17)18)11(15)6-8/h1-6H,15H2. The molecule has 5 nitrogen and oxygen atoms in total. The van der Waals surface area contributed by atoms with Crippen LogP contribution in [0, 0.1) is 10.1 Å². The second-order valence-electron chi connectivity index (χ2n) is 3.66. The fraction of sp³-hybridized carbons (Fsp3) is 0. The van der Waals surface area contributed by atoms with E-state index < -0.39 is 4.92 Å². The molecule has 0 aromatic heterocycles. The largest absolute Gasteiger partial charge is 0.457 e. The first-order chi connectivity index (χ1) is 8.97. The lowest BCUT2D eigenvalue weighted by atomic mass is 10.2. The molecule has 0 atom stereocenters. The van der Waals surface area contributed by atoms with Crippen molar-refractivity contribution in [3.8, 4) is 11.5 Å². The molecule has 2 aromatic rings. The van der Waals surface area contributed by atoms with Crippen molar-refractivity contribution in [2.45, 2.75) is 0 Å². The minimum atomic E-state index is -0.557. The Morgan fingerprint density at radius 3 is 2.26 bits per heavy atom. The third-order valence-electron chi connectivity index (χ3n) is 2.32. The minimum Gasteiger partial charge on any atom is -0.457 e. The van der Waals surface area contributed by atoms with Gasteiger partial charge < -0.3 is 10.5 Å². The van der Waals surface area contributed by atoms with Gasteiger partial charge in [0.2, 0.25) is 0 Å². The van der Waals surface area contributed by atoms with E-state index in [1.54, 1.807) is 18.2 Å². The zero-order valence-corrected chi connectivity index (χ0v) is 11.0. The van der Waals surface area contributed by atoms with Gasteiger partial charge in [-0.25, -0.2) is 0 Å². The first-order valence-electron chi connectivity index (χ1n) is 5.14. The molecule has 0 fully saturated rings. The predicted molar refractivity (Wildman–Crippen MR) is 74.0 cm³/mol. The molecular weight excluding hydrogens is 291 g/mol. The van der Waals surface area contributed by atoms with Gasteiger partial charge in [0.1, 0.15) is 17.2 Å². The number of nitrogen functional groups attached to an aromatic ring is 1. The maximum atomic E-state index is 10.6. The first-order valence-corrected chi connectivity index (χ1v) is 5.90. The smallest absolute Gasteiger partial charge is 0.292 e. The highest BCUT2D eigenvalue weighted by Gasteiger charge is 2.12. The highest BCUT2D eigenvalue weighted by atomic mass is 35.5. The molecule has 0 aliphatic heterocycles. The number of anilines is 1. The topological polar surface area (TPSA) is 78.4 Å². The van der Waals surface area contributed by atoms with E-state index in [1.807, 2.05) is 0 Å². The van der Waals surface area contributed by atoms with E-state index >= 15 is 0 Å². The highest BCUT2D eigenvalue weighted by molar-refractivity contribution is 6.42. The average molecular weight is 299 g/mol. The van der Waals surface area contributed by atoms with Crippen LogP contribution in [0.1, 0.15) is 0 Å². The lowest BCUT2D eigenvalue weighted by Gasteiger charge is -2.07. The summed E-state index contributed by atoms with van der Waals surface area (Å²) in [7, 11) is 0. The van der Waals surface area contributed by atoms with Crippen molar-refractivity contribution in [2.75, 3.05) is 5.73 Å². The Kier molecular flexibility index (Phi) is 3.78. The fourth-order valence-electron chi connectivity index (χ4n) is 1.44. The molecule has 0 saturated carbocycles. The molecule has 2 rings (SSSR count). The summed E-state index contributed by atoms with van der Waals surface area (Å²) < 4.78 is 5.48. The van der Waals surface area contributed by atoms with Crippen LogP contribution in [0.25, 0.3) is 0 Å². The van der Waals surface area contributed by atoms with E-state index in [0.717, 1.165) is 0 Å². The number of hydrogen-bond donors (Lipinski definition) is 1. The van der Waals surface area contributed by atoms with Crippen LogP contribution in [-0.2, 0) is 0 Å². The van der Waals surface area contributed by atoms with E-state index in [1.165, 1.54) is 18.2 Å². The normalized spacial score (nSPS) is 10.2. The van der Waals surface area contributed by atoms with Gasteiger partial charge in [-0.2, -0.15) is 0 Å². The number of nitro benzene ring substituents is 1. The Balaban J connectivity index is 2.26. The first kappa shape index (κ1) is 13.5. The van der Waals surface area contributed by atoms with Gasteiger partial charge in [-0.15, -0.1) is 0 Å². The van der Waals surface area contributed by atoms with Gasteiger partial charge in [0, 0.05) is 18.2 Å². The summed E-state index contributed by atoms with van der Waals surface area (Å²) in [6.07, 6.45) is 0. The average Bonchev–Trinajstić information content (AvgIpc) is 2.33. The molecule has 0 radical (unpaired) electrons. The summed E-state index contributed by atoms with van der Waals surface area (Å²) in [4.78, 5) is 10.1. The van der Waals surface area contributed by atoms with Crippen molar-refractivity contribution < 1.29 is 9.66 Å². The van der Waals surface area contributed by atoms with Gasteiger partial charge in [-0.1, -0.05) is 23.2 Å². The molecule has 98 valence electrons. The number of nitrogens with two attached hydrogens (primary N) is 1. The molecule has 0 aliphatic rings. The Bertz CT molecular complexity index is 647.